The molecule has 0 aromatic heterocycles. The van der Waals surface area contributed by atoms with Gasteiger partial charge < -0.3 is 10.6 Å². The maximum absolute atomic E-state index is 11.8. The van der Waals surface area contributed by atoms with Crippen LogP contribution in [0.3, 0.4) is 0 Å². The predicted molar refractivity (Wildman–Crippen MR) is 64.7 cm³/mol. The summed E-state index contributed by atoms with van der Waals surface area (Å²) in [5, 5.41) is 5.87. The van der Waals surface area contributed by atoms with Crippen LogP contribution in [-0.4, -0.2) is 24.3 Å². The zero-order valence-corrected chi connectivity index (χ0v) is 9.45. The maximum atomic E-state index is 11.8. The van der Waals surface area contributed by atoms with E-state index in [1.54, 1.807) is 0 Å². The van der Waals surface area contributed by atoms with Crippen LogP contribution in [0.1, 0.15) is 12.5 Å². The highest BCUT2D eigenvalue weighted by Gasteiger charge is 2.19. The molecule has 1 unspecified atom stereocenters. The van der Waals surface area contributed by atoms with E-state index >= 15 is 0 Å². The van der Waals surface area contributed by atoms with Crippen LogP contribution in [0.4, 0.5) is 5.69 Å². The maximum Gasteiger partial charge on any atom is 0.290 e. The van der Waals surface area contributed by atoms with E-state index in [9.17, 15) is 4.79 Å². The summed E-state index contributed by atoms with van der Waals surface area (Å²) in [6.07, 6.45) is 0. The summed E-state index contributed by atoms with van der Waals surface area (Å²) in [6, 6.07) is 7.93. The van der Waals surface area contributed by atoms with Gasteiger partial charge in [-0.25, -0.2) is 0 Å². The average Bonchev–Trinajstić information content (AvgIpc) is 2.68. The Labute approximate surface area is 94.8 Å². The van der Waals surface area contributed by atoms with E-state index in [0.29, 0.717) is 12.4 Å². The number of hydrogen-bond donors (Lipinski definition) is 2. The van der Waals surface area contributed by atoms with Crippen molar-refractivity contribution in [2.75, 3.05) is 11.9 Å². The first-order chi connectivity index (χ1) is 7.66. The molecule has 4 nitrogen and oxygen atoms in total. The number of carbonyl (C=O) groups excluding carboxylic acids is 1. The first-order valence-electron chi connectivity index (χ1n) is 5.35. The van der Waals surface area contributed by atoms with Crippen LogP contribution in [0.25, 0.3) is 0 Å². The fourth-order valence-corrected chi connectivity index (χ4v) is 1.58. The van der Waals surface area contributed by atoms with Crippen LogP contribution in [0, 0.1) is 6.92 Å². The third kappa shape index (κ3) is 2.21. The minimum Gasteiger partial charge on any atom is -0.361 e. The molecular formula is C12H15N3O. The third-order valence-electron chi connectivity index (χ3n) is 2.51. The summed E-state index contributed by atoms with van der Waals surface area (Å²) in [5.41, 5.74) is 1.87. The molecule has 0 bridgehead atoms. The Balaban J connectivity index is 2.06. The van der Waals surface area contributed by atoms with Crippen molar-refractivity contribution in [1.29, 1.82) is 0 Å². The second-order valence-corrected chi connectivity index (χ2v) is 4.00. The second kappa shape index (κ2) is 4.35. The fourth-order valence-electron chi connectivity index (χ4n) is 1.58. The van der Waals surface area contributed by atoms with Gasteiger partial charge in [0.1, 0.15) is 0 Å². The molecule has 1 aromatic carbocycles. The van der Waals surface area contributed by atoms with Crippen molar-refractivity contribution in [3.8, 4) is 0 Å². The van der Waals surface area contributed by atoms with Crippen molar-refractivity contribution < 1.29 is 4.79 Å². The van der Waals surface area contributed by atoms with Crippen molar-refractivity contribution in [3.05, 3.63) is 29.8 Å². The molecule has 0 aliphatic carbocycles. The lowest BCUT2D eigenvalue weighted by Crippen LogP contribution is -2.36. The van der Waals surface area contributed by atoms with Crippen LogP contribution in [-0.2, 0) is 4.79 Å². The first-order valence-corrected chi connectivity index (χ1v) is 5.35. The smallest absolute Gasteiger partial charge is 0.290 e. The largest absolute Gasteiger partial charge is 0.361 e. The molecule has 1 aliphatic heterocycles. The van der Waals surface area contributed by atoms with E-state index in [0.717, 1.165) is 11.3 Å². The first kappa shape index (κ1) is 10.7. The van der Waals surface area contributed by atoms with Gasteiger partial charge in [-0.2, -0.15) is 0 Å². The number of para-hydroxylation sites is 1. The van der Waals surface area contributed by atoms with Crippen molar-refractivity contribution in [1.82, 2.24) is 5.32 Å². The number of rotatable bonds is 2. The summed E-state index contributed by atoms with van der Waals surface area (Å²) in [7, 11) is 0. The number of carbonyl (C=O) groups is 1. The minimum atomic E-state index is -0.168. The Hall–Kier alpha value is -1.84. The number of amides is 1. The number of nitrogens with one attached hydrogen (secondary N) is 2. The summed E-state index contributed by atoms with van der Waals surface area (Å²) >= 11 is 0. The highest BCUT2D eigenvalue weighted by atomic mass is 16.2. The summed E-state index contributed by atoms with van der Waals surface area (Å²) < 4.78 is 0. The zero-order valence-electron chi connectivity index (χ0n) is 9.45. The third-order valence-corrected chi connectivity index (χ3v) is 2.51. The number of aliphatic imine (C=N–C) groups is 1. The van der Waals surface area contributed by atoms with Crippen LogP contribution in [0.2, 0.25) is 0 Å². The summed E-state index contributed by atoms with van der Waals surface area (Å²) in [6.45, 7) is 4.62. The molecule has 1 amide bonds. The predicted octanol–water partition coefficient (Wildman–Crippen LogP) is 1.32. The van der Waals surface area contributed by atoms with Crippen LogP contribution >= 0.6 is 0 Å². The molecule has 0 fully saturated rings. The molecule has 2 rings (SSSR count). The number of aryl methyl sites for hydroxylation is 1. The number of amidine groups is 1. The van der Waals surface area contributed by atoms with Gasteiger partial charge in [0.15, 0.2) is 5.84 Å². The topological polar surface area (TPSA) is 53.5 Å². The van der Waals surface area contributed by atoms with Gasteiger partial charge in [-0.1, -0.05) is 18.2 Å². The van der Waals surface area contributed by atoms with Crippen LogP contribution in [0.15, 0.2) is 29.3 Å². The van der Waals surface area contributed by atoms with Crippen molar-refractivity contribution in [2.45, 2.75) is 19.9 Å². The second-order valence-electron chi connectivity index (χ2n) is 4.00. The van der Waals surface area contributed by atoms with Crippen molar-refractivity contribution in [2.24, 2.45) is 4.99 Å². The van der Waals surface area contributed by atoms with E-state index < -0.39 is 0 Å². The molecule has 16 heavy (non-hydrogen) atoms. The Bertz CT molecular complexity index is 440. The molecule has 2 N–H and O–H groups in total. The quantitative estimate of drug-likeness (QED) is 0.785. The SMILES string of the molecule is Cc1ccccc1NC(=O)C1=NCC(C)N1. The van der Waals surface area contributed by atoms with Gasteiger partial charge in [0.2, 0.25) is 0 Å². The van der Waals surface area contributed by atoms with Crippen LogP contribution < -0.4 is 10.6 Å². The molecular weight excluding hydrogens is 202 g/mol. The van der Waals surface area contributed by atoms with Crippen molar-refractivity contribution >= 4 is 17.4 Å². The highest BCUT2D eigenvalue weighted by molar-refractivity contribution is 6.42. The lowest BCUT2D eigenvalue weighted by molar-refractivity contribution is -0.110. The molecule has 1 aliphatic rings. The number of hydrogen-bond acceptors (Lipinski definition) is 3. The molecule has 0 radical (unpaired) electrons. The lowest BCUT2D eigenvalue weighted by Gasteiger charge is -2.09. The number of nitrogens with zero attached hydrogens (tertiary/aromatic N) is 1. The van der Waals surface area contributed by atoms with Crippen LogP contribution in [0.5, 0.6) is 0 Å². The van der Waals surface area contributed by atoms with Gasteiger partial charge in [0.05, 0.1) is 6.54 Å². The minimum absolute atomic E-state index is 0.168. The Morgan fingerprint density at radius 2 is 2.25 bits per heavy atom. The fraction of sp³-hybridized carbons (Fsp3) is 0.333. The molecule has 84 valence electrons. The standard InChI is InChI=1S/C12H15N3O/c1-8-5-3-4-6-10(8)15-12(16)11-13-7-9(2)14-11/h3-6,9H,7H2,1-2H3,(H,13,14)(H,15,16). The zero-order chi connectivity index (χ0) is 11.5. The van der Waals surface area contributed by atoms with E-state index in [1.807, 2.05) is 38.1 Å². The summed E-state index contributed by atoms with van der Waals surface area (Å²) in [4.78, 5) is 15.9. The molecule has 1 atom stereocenters. The lowest BCUT2D eigenvalue weighted by atomic mass is 10.2. The molecule has 0 spiro atoms. The molecule has 0 saturated heterocycles. The van der Waals surface area contributed by atoms with Gasteiger partial charge in [-0.15, -0.1) is 0 Å². The molecule has 1 aromatic rings. The Kier molecular flexibility index (Phi) is 2.90. The van der Waals surface area contributed by atoms with E-state index in [-0.39, 0.29) is 11.9 Å². The number of benzene rings is 1. The van der Waals surface area contributed by atoms with Gasteiger partial charge >= 0.3 is 0 Å². The summed E-state index contributed by atoms with van der Waals surface area (Å²) in [5.74, 6) is 0.259. The molecule has 1 heterocycles. The average molecular weight is 217 g/mol. The normalized spacial score (nSPS) is 18.9. The molecule has 4 heteroatoms. The number of anilines is 1. The van der Waals surface area contributed by atoms with Gasteiger partial charge in [0, 0.05) is 11.7 Å². The monoisotopic (exact) mass is 217 g/mol. The van der Waals surface area contributed by atoms with E-state index in [4.69, 9.17) is 0 Å². The van der Waals surface area contributed by atoms with E-state index in [1.165, 1.54) is 0 Å². The molecule has 0 saturated carbocycles. The van der Waals surface area contributed by atoms with Gasteiger partial charge in [0.25, 0.3) is 5.91 Å². The van der Waals surface area contributed by atoms with Crippen molar-refractivity contribution in [3.63, 3.8) is 0 Å². The van der Waals surface area contributed by atoms with E-state index in [2.05, 4.69) is 15.6 Å². The Morgan fingerprint density at radius 3 is 2.88 bits per heavy atom. The Morgan fingerprint density at radius 1 is 1.50 bits per heavy atom. The highest BCUT2D eigenvalue weighted by Crippen LogP contribution is 2.13. The van der Waals surface area contributed by atoms with Gasteiger partial charge in [-0.05, 0) is 25.5 Å². The van der Waals surface area contributed by atoms with Gasteiger partial charge in [-0.3, -0.25) is 9.79 Å².